The zero-order valence-electron chi connectivity index (χ0n) is 8.76. The van der Waals surface area contributed by atoms with Crippen molar-refractivity contribution in [2.75, 3.05) is 5.75 Å². The summed E-state index contributed by atoms with van der Waals surface area (Å²) in [5.74, 6) is -0.766. The van der Waals surface area contributed by atoms with Crippen LogP contribution >= 0.6 is 11.8 Å². The van der Waals surface area contributed by atoms with Crippen LogP contribution in [0.2, 0.25) is 0 Å². The van der Waals surface area contributed by atoms with E-state index < -0.39 is 17.2 Å². The number of aliphatic hydroxyl groups is 1. The van der Waals surface area contributed by atoms with E-state index in [1.54, 1.807) is 6.92 Å². The van der Waals surface area contributed by atoms with Crippen molar-refractivity contribution in [3.63, 3.8) is 0 Å². The molecule has 0 bridgehead atoms. The molecule has 15 heavy (non-hydrogen) atoms. The molecule has 0 saturated carbocycles. The van der Waals surface area contributed by atoms with E-state index in [1.807, 2.05) is 6.92 Å². The first-order chi connectivity index (χ1) is 6.94. The fourth-order valence-corrected chi connectivity index (χ4v) is 1.96. The van der Waals surface area contributed by atoms with Gasteiger partial charge in [-0.1, -0.05) is 6.92 Å². The predicted octanol–water partition coefficient (Wildman–Crippen LogP) is 3.22. The molecule has 4 heteroatoms. The summed E-state index contributed by atoms with van der Waals surface area (Å²) in [7, 11) is 0. The summed E-state index contributed by atoms with van der Waals surface area (Å²) < 4.78 is 25.8. The highest BCUT2D eigenvalue weighted by Gasteiger charge is 2.18. The smallest absolute Gasteiger partial charge is 0.139 e. The van der Waals surface area contributed by atoms with E-state index >= 15 is 0 Å². The van der Waals surface area contributed by atoms with E-state index in [4.69, 9.17) is 0 Å². The number of rotatable bonds is 4. The maximum Gasteiger partial charge on any atom is 0.139 e. The van der Waals surface area contributed by atoms with Crippen molar-refractivity contribution < 1.29 is 13.9 Å². The summed E-state index contributed by atoms with van der Waals surface area (Å²) in [4.78, 5) is 0.366. The summed E-state index contributed by atoms with van der Waals surface area (Å²) >= 11 is 1.20. The van der Waals surface area contributed by atoms with Gasteiger partial charge in [-0.2, -0.15) is 0 Å². The highest BCUT2D eigenvalue weighted by atomic mass is 32.2. The number of hydrogen-bond acceptors (Lipinski definition) is 2. The molecule has 1 aromatic carbocycles. The summed E-state index contributed by atoms with van der Waals surface area (Å²) in [5.41, 5.74) is -0.814. The molecule has 0 aliphatic carbocycles. The molecule has 0 radical (unpaired) electrons. The number of benzene rings is 1. The second-order valence-corrected chi connectivity index (χ2v) is 4.73. The van der Waals surface area contributed by atoms with Crippen LogP contribution in [0.15, 0.2) is 23.1 Å². The van der Waals surface area contributed by atoms with Crippen molar-refractivity contribution in [1.29, 1.82) is 0 Å². The quantitative estimate of drug-likeness (QED) is 0.804. The third kappa shape index (κ3) is 3.80. The summed E-state index contributed by atoms with van der Waals surface area (Å²) in [6.07, 6.45) is 0.600. The Balaban J connectivity index is 2.66. The Labute approximate surface area is 92.5 Å². The third-order valence-electron chi connectivity index (χ3n) is 2.19. The van der Waals surface area contributed by atoms with Gasteiger partial charge in [0.15, 0.2) is 0 Å². The molecular formula is C11H14F2OS. The van der Waals surface area contributed by atoms with Crippen LogP contribution in [0.1, 0.15) is 20.3 Å². The van der Waals surface area contributed by atoms with E-state index in [-0.39, 0.29) is 0 Å². The molecule has 0 aliphatic rings. The Bertz CT molecular complexity index is 339. The zero-order valence-corrected chi connectivity index (χ0v) is 9.57. The molecule has 84 valence electrons. The molecule has 0 fully saturated rings. The SMILES string of the molecule is CCC(C)(O)CSc1ccc(F)cc1F. The summed E-state index contributed by atoms with van der Waals surface area (Å²) in [6.45, 7) is 3.56. The standard InChI is InChI=1S/C11H14F2OS/c1-3-11(2,14)7-15-10-5-4-8(12)6-9(10)13/h4-6,14H,3,7H2,1-2H3. The van der Waals surface area contributed by atoms with Crippen LogP contribution in [0.3, 0.4) is 0 Å². The van der Waals surface area contributed by atoms with Crippen molar-refractivity contribution in [2.24, 2.45) is 0 Å². The largest absolute Gasteiger partial charge is 0.389 e. The highest BCUT2D eigenvalue weighted by molar-refractivity contribution is 7.99. The minimum atomic E-state index is -0.814. The van der Waals surface area contributed by atoms with Crippen LogP contribution < -0.4 is 0 Å². The molecule has 1 aromatic rings. The van der Waals surface area contributed by atoms with Crippen molar-refractivity contribution >= 4 is 11.8 Å². The molecule has 0 spiro atoms. The lowest BCUT2D eigenvalue weighted by Gasteiger charge is -2.20. The van der Waals surface area contributed by atoms with Crippen LogP contribution in [-0.2, 0) is 0 Å². The van der Waals surface area contributed by atoms with Gasteiger partial charge in [0, 0.05) is 16.7 Å². The Kier molecular flexibility index (Phi) is 4.11. The molecule has 1 nitrogen and oxygen atoms in total. The lowest BCUT2D eigenvalue weighted by atomic mass is 10.1. The van der Waals surface area contributed by atoms with Crippen molar-refractivity contribution in [2.45, 2.75) is 30.8 Å². The maximum atomic E-state index is 13.2. The summed E-state index contributed by atoms with van der Waals surface area (Å²) in [6, 6.07) is 3.45. The number of hydrogen-bond donors (Lipinski definition) is 1. The van der Waals surface area contributed by atoms with Crippen molar-refractivity contribution in [3.8, 4) is 0 Å². The normalized spacial score (nSPS) is 15.0. The second kappa shape index (κ2) is 4.94. The zero-order chi connectivity index (χ0) is 11.5. The van der Waals surface area contributed by atoms with Gasteiger partial charge < -0.3 is 5.11 Å². The van der Waals surface area contributed by atoms with Gasteiger partial charge in [-0.3, -0.25) is 0 Å². The van der Waals surface area contributed by atoms with Gasteiger partial charge in [0.1, 0.15) is 11.6 Å². The first kappa shape index (κ1) is 12.5. The number of halogens is 2. The Morgan fingerprint density at radius 1 is 1.40 bits per heavy atom. The second-order valence-electron chi connectivity index (χ2n) is 3.71. The van der Waals surface area contributed by atoms with E-state index in [0.29, 0.717) is 17.1 Å². The van der Waals surface area contributed by atoms with Crippen LogP contribution in [0.5, 0.6) is 0 Å². The number of thioether (sulfide) groups is 1. The fourth-order valence-electron chi connectivity index (χ4n) is 0.928. The minimum absolute atomic E-state index is 0.366. The Hall–Kier alpha value is -0.610. The molecule has 1 rings (SSSR count). The topological polar surface area (TPSA) is 20.2 Å². The van der Waals surface area contributed by atoms with Crippen LogP contribution in [-0.4, -0.2) is 16.5 Å². The van der Waals surface area contributed by atoms with Crippen molar-refractivity contribution in [1.82, 2.24) is 0 Å². The Morgan fingerprint density at radius 2 is 2.07 bits per heavy atom. The van der Waals surface area contributed by atoms with E-state index in [1.165, 1.54) is 23.9 Å². The lowest BCUT2D eigenvalue weighted by molar-refractivity contribution is 0.0816. The van der Waals surface area contributed by atoms with Crippen LogP contribution in [0.25, 0.3) is 0 Å². The average molecular weight is 232 g/mol. The maximum absolute atomic E-state index is 13.2. The first-order valence-electron chi connectivity index (χ1n) is 4.75. The Morgan fingerprint density at radius 3 is 2.60 bits per heavy atom. The fraction of sp³-hybridized carbons (Fsp3) is 0.455. The van der Waals surface area contributed by atoms with Gasteiger partial charge in [-0.25, -0.2) is 8.78 Å². The highest BCUT2D eigenvalue weighted by Crippen LogP contribution is 2.26. The van der Waals surface area contributed by atoms with Gasteiger partial charge >= 0.3 is 0 Å². The summed E-state index contributed by atoms with van der Waals surface area (Å²) in [5, 5.41) is 9.71. The third-order valence-corrected chi connectivity index (χ3v) is 3.60. The van der Waals surface area contributed by atoms with Crippen molar-refractivity contribution in [3.05, 3.63) is 29.8 Å². The molecule has 1 atom stereocenters. The molecular weight excluding hydrogens is 218 g/mol. The molecule has 1 N–H and O–H groups in total. The van der Waals surface area contributed by atoms with E-state index in [0.717, 1.165) is 6.07 Å². The molecule has 1 unspecified atom stereocenters. The van der Waals surface area contributed by atoms with Gasteiger partial charge in [0.05, 0.1) is 5.60 Å². The molecule has 0 heterocycles. The van der Waals surface area contributed by atoms with Crippen LogP contribution in [0.4, 0.5) is 8.78 Å². The van der Waals surface area contributed by atoms with E-state index in [9.17, 15) is 13.9 Å². The average Bonchev–Trinajstić information content (AvgIpc) is 2.16. The minimum Gasteiger partial charge on any atom is -0.389 e. The predicted molar refractivity (Wildman–Crippen MR) is 58.0 cm³/mol. The molecule has 0 aromatic heterocycles. The van der Waals surface area contributed by atoms with Crippen LogP contribution in [0, 0.1) is 11.6 Å². The van der Waals surface area contributed by atoms with Gasteiger partial charge in [-0.05, 0) is 25.5 Å². The van der Waals surface area contributed by atoms with Gasteiger partial charge in [-0.15, -0.1) is 11.8 Å². The van der Waals surface area contributed by atoms with Gasteiger partial charge in [0.2, 0.25) is 0 Å². The lowest BCUT2D eigenvalue weighted by Crippen LogP contribution is -2.25. The van der Waals surface area contributed by atoms with Gasteiger partial charge in [0.25, 0.3) is 0 Å². The molecule has 0 aliphatic heterocycles. The first-order valence-corrected chi connectivity index (χ1v) is 5.73. The monoisotopic (exact) mass is 232 g/mol. The molecule has 0 amide bonds. The molecule has 0 saturated heterocycles. The van der Waals surface area contributed by atoms with E-state index in [2.05, 4.69) is 0 Å².